The molecule has 1 aromatic heterocycles. The van der Waals surface area contributed by atoms with Crippen LogP contribution in [0.15, 0.2) is 42.7 Å². The highest BCUT2D eigenvalue weighted by Crippen LogP contribution is 2.28. The van der Waals surface area contributed by atoms with Crippen LogP contribution >= 0.6 is 24.8 Å². The summed E-state index contributed by atoms with van der Waals surface area (Å²) in [4.78, 5) is 14.6. The number of benzene rings is 1. The number of rotatable bonds is 3. The van der Waals surface area contributed by atoms with E-state index in [2.05, 4.69) is 18.9 Å². The molecule has 25 heavy (non-hydrogen) atoms. The van der Waals surface area contributed by atoms with E-state index in [1.807, 2.05) is 46.1 Å². The molecular formula is C18H26Cl2N4O. The number of piperidine rings is 1. The van der Waals surface area contributed by atoms with Gasteiger partial charge in [-0.05, 0) is 35.6 Å². The van der Waals surface area contributed by atoms with Gasteiger partial charge in [-0.25, -0.2) is 0 Å². The van der Waals surface area contributed by atoms with Crippen molar-refractivity contribution in [2.45, 2.75) is 32.9 Å². The van der Waals surface area contributed by atoms with E-state index in [-0.39, 0.29) is 42.2 Å². The van der Waals surface area contributed by atoms with E-state index in [0.717, 1.165) is 24.1 Å². The Labute approximate surface area is 161 Å². The monoisotopic (exact) mass is 384 g/mol. The van der Waals surface area contributed by atoms with Gasteiger partial charge < -0.3 is 10.6 Å². The molecule has 0 radical (unpaired) electrons. The van der Waals surface area contributed by atoms with Gasteiger partial charge >= 0.3 is 0 Å². The maximum atomic E-state index is 12.7. The van der Waals surface area contributed by atoms with Gasteiger partial charge in [-0.15, -0.1) is 24.8 Å². The minimum Gasteiger partial charge on any atom is -0.338 e. The highest BCUT2D eigenvalue weighted by Gasteiger charge is 2.35. The summed E-state index contributed by atoms with van der Waals surface area (Å²) in [5.74, 6) is 0.0932. The summed E-state index contributed by atoms with van der Waals surface area (Å²) in [6.45, 7) is 6.42. The first-order valence-corrected chi connectivity index (χ1v) is 8.07. The Bertz CT molecular complexity index is 671. The molecule has 1 saturated heterocycles. The molecule has 2 N–H and O–H groups in total. The van der Waals surface area contributed by atoms with Gasteiger partial charge in [0.05, 0.1) is 6.54 Å². The highest BCUT2D eigenvalue weighted by molar-refractivity contribution is 5.94. The van der Waals surface area contributed by atoms with Gasteiger partial charge in [-0.3, -0.25) is 9.48 Å². The lowest BCUT2D eigenvalue weighted by atomic mass is 9.79. The van der Waals surface area contributed by atoms with Crippen LogP contribution in [0.25, 0.3) is 0 Å². The van der Waals surface area contributed by atoms with Crippen LogP contribution in [0, 0.1) is 5.41 Å². The molecule has 7 heteroatoms. The summed E-state index contributed by atoms with van der Waals surface area (Å²) in [5, 5.41) is 4.20. The van der Waals surface area contributed by atoms with Crippen LogP contribution < -0.4 is 5.73 Å². The fraction of sp³-hybridized carbons (Fsp3) is 0.444. The molecule has 1 amide bonds. The maximum Gasteiger partial charge on any atom is 0.253 e. The van der Waals surface area contributed by atoms with Crippen molar-refractivity contribution in [3.8, 4) is 0 Å². The molecule has 1 aliphatic rings. The molecule has 1 atom stereocenters. The lowest BCUT2D eigenvalue weighted by molar-refractivity contribution is 0.0533. The quantitative estimate of drug-likeness (QED) is 0.884. The highest BCUT2D eigenvalue weighted by atomic mass is 35.5. The molecule has 1 aromatic carbocycles. The van der Waals surface area contributed by atoms with E-state index in [4.69, 9.17) is 5.73 Å². The second-order valence-corrected chi connectivity index (χ2v) is 7.01. The summed E-state index contributed by atoms with van der Waals surface area (Å²) in [6, 6.07) is 9.86. The van der Waals surface area contributed by atoms with Crippen LogP contribution in [0.1, 0.15) is 36.2 Å². The minimum absolute atomic E-state index is 0. The summed E-state index contributed by atoms with van der Waals surface area (Å²) in [7, 11) is 0. The van der Waals surface area contributed by atoms with Crippen molar-refractivity contribution in [3.05, 3.63) is 53.9 Å². The maximum absolute atomic E-state index is 12.7. The summed E-state index contributed by atoms with van der Waals surface area (Å²) in [5.41, 5.74) is 7.99. The number of likely N-dealkylation sites (tertiary alicyclic amines) is 1. The third-order valence-electron chi connectivity index (χ3n) is 4.70. The van der Waals surface area contributed by atoms with Gasteiger partial charge in [0, 0.05) is 37.1 Å². The molecule has 0 bridgehead atoms. The van der Waals surface area contributed by atoms with Crippen LogP contribution in [0.4, 0.5) is 0 Å². The molecule has 0 aliphatic carbocycles. The van der Waals surface area contributed by atoms with Gasteiger partial charge in [0.1, 0.15) is 0 Å². The molecule has 1 fully saturated rings. The third-order valence-corrected chi connectivity index (χ3v) is 4.70. The average Bonchev–Trinajstić information content (AvgIpc) is 3.03. The van der Waals surface area contributed by atoms with Crippen molar-refractivity contribution in [2.75, 3.05) is 13.1 Å². The summed E-state index contributed by atoms with van der Waals surface area (Å²) < 4.78 is 1.87. The van der Waals surface area contributed by atoms with Gasteiger partial charge in [0.15, 0.2) is 0 Å². The second kappa shape index (κ2) is 8.70. The number of amides is 1. The Hall–Kier alpha value is -1.56. The molecule has 2 aromatic rings. The topological polar surface area (TPSA) is 64.2 Å². The molecule has 0 spiro atoms. The zero-order chi connectivity index (χ0) is 16.4. The van der Waals surface area contributed by atoms with E-state index in [1.165, 1.54) is 0 Å². The average molecular weight is 385 g/mol. The second-order valence-electron chi connectivity index (χ2n) is 7.01. The Kier molecular flexibility index (Phi) is 7.47. The fourth-order valence-corrected chi connectivity index (χ4v) is 3.06. The Morgan fingerprint density at radius 2 is 1.96 bits per heavy atom. The summed E-state index contributed by atoms with van der Waals surface area (Å²) in [6.07, 6.45) is 4.55. The first kappa shape index (κ1) is 21.5. The Morgan fingerprint density at radius 1 is 1.28 bits per heavy atom. The Balaban J connectivity index is 0.00000156. The van der Waals surface area contributed by atoms with Crippen LogP contribution in [-0.4, -0.2) is 39.7 Å². The number of nitrogens with zero attached hydrogens (tertiary/aromatic N) is 3. The number of carbonyl (C=O) groups excluding carboxylic acids is 1. The number of hydrogen-bond acceptors (Lipinski definition) is 3. The molecule has 5 nitrogen and oxygen atoms in total. The van der Waals surface area contributed by atoms with Gasteiger partial charge in [0.2, 0.25) is 0 Å². The molecule has 0 saturated carbocycles. The zero-order valence-corrected chi connectivity index (χ0v) is 16.2. The van der Waals surface area contributed by atoms with Crippen molar-refractivity contribution < 1.29 is 4.79 Å². The number of halogens is 2. The van der Waals surface area contributed by atoms with Crippen LogP contribution in [-0.2, 0) is 6.54 Å². The largest absolute Gasteiger partial charge is 0.338 e. The standard InChI is InChI=1S/C18H24N4O.2ClH/c1-18(2)13-21(11-8-16(18)19)17(23)15-6-4-14(5-7-15)12-22-10-3-9-20-22;;/h3-7,9-10,16H,8,11-13,19H2,1-2H3;2*1H. The normalized spacial score (nSPS) is 18.8. The molecular weight excluding hydrogens is 359 g/mol. The molecule has 3 rings (SSSR count). The lowest BCUT2D eigenvalue weighted by Gasteiger charge is -2.42. The van der Waals surface area contributed by atoms with Crippen LogP contribution in [0.5, 0.6) is 0 Å². The van der Waals surface area contributed by atoms with E-state index in [9.17, 15) is 4.79 Å². The van der Waals surface area contributed by atoms with Gasteiger partial charge in [-0.2, -0.15) is 5.10 Å². The van der Waals surface area contributed by atoms with Crippen molar-refractivity contribution in [1.29, 1.82) is 0 Å². The number of carbonyl (C=O) groups is 1. The Morgan fingerprint density at radius 3 is 2.52 bits per heavy atom. The number of nitrogens with two attached hydrogens (primary N) is 1. The van der Waals surface area contributed by atoms with E-state index >= 15 is 0 Å². The van der Waals surface area contributed by atoms with Crippen molar-refractivity contribution >= 4 is 30.7 Å². The van der Waals surface area contributed by atoms with Crippen LogP contribution in [0.2, 0.25) is 0 Å². The van der Waals surface area contributed by atoms with Gasteiger partial charge in [-0.1, -0.05) is 26.0 Å². The molecule has 2 heterocycles. The summed E-state index contributed by atoms with van der Waals surface area (Å²) >= 11 is 0. The molecule has 138 valence electrons. The first-order chi connectivity index (χ1) is 11.0. The zero-order valence-electron chi connectivity index (χ0n) is 14.6. The predicted molar refractivity (Wildman–Crippen MR) is 105 cm³/mol. The SMILES string of the molecule is CC1(C)CN(C(=O)c2ccc(Cn3cccn3)cc2)CCC1N.Cl.Cl. The first-order valence-electron chi connectivity index (χ1n) is 8.07. The van der Waals surface area contributed by atoms with E-state index in [0.29, 0.717) is 13.1 Å². The molecule has 1 unspecified atom stereocenters. The third kappa shape index (κ3) is 4.97. The van der Waals surface area contributed by atoms with Crippen molar-refractivity contribution in [3.63, 3.8) is 0 Å². The lowest BCUT2D eigenvalue weighted by Crippen LogP contribution is -2.53. The minimum atomic E-state index is -0.0338. The van der Waals surface area contributed by atoms with E-state index < -0.39 is 0 Å². The molecule has 1 aliphatic heterocycles. The predicted octanol–water partition coefficient (Wildman–Crippen LogP) is 2.97. The van der Waals surface area contributed by atoms with Gasteiger partial charge in [0.25, 0.3) is 5.91 Å². The van der Waals surface area contributed by atoms with Crippen molar-refractivity contribution in [2.24, 2.45) is 11.1 Å². The number of aromatic nitrogens is 2. The van der Waals surface area contributed by atoms with E-state index in [1.54, 1.807) is 6.20 Å². The fourth-order valence-electron chi connectivity index (χ4n) is 3.06. The van der Waals surface area contributed by atoms with Crippen LogP contribution in [0.3, 0.4) is 0 Å². The van der Waals surface area contributed by atoms with Crippen molar-refractivity contribution in [1.82, 2.24) is 14.7 Å². The number of hydrogen-bond donors (Lipinski definition) is 1. The smallest absolute Gasteiger partial charge is 0.253 e.